The number of nitriles is 1. The summed E-state index contributed by atoms with van der Waals surface area (Å²) < 4.78 is 40.2. The maximum absolute atomic E-state index is 11.9. The predicted molar refractivity (Wildman–Crippen MR) is 81.8 cm³/mol. The molecular formula is C16H19N3O4. The van der Waals surface area contributed by atoms with Crippen molar-refractivity contribution in [2.75, 3.05) is 13.2 Å². The van der Waals surface area contributed by atoms with E-state index in [1.54, 1.807) is 13.8 Å². The minimum Gasteiger partial charge on any atom is -0.464 e. The van der Waals surface area contributed by atoms with Gasteiger partial charge < -0.3 is 14.8 Å². The Morgan fingerprint density at radius 3 is 2.65 bits per heavy atom. The molecule has 0 aliphatic heterocycles. The summed E-state index contributed by atoms with van der Waals surface area (Å²) in [5.74, 6) is -1.75. The Bertz CT molecular complexity index is 775. The molecule has 0 atom stereocenters. The first-order valence-electron chi connectivity index (χ1n) is 8.88. The van der Waals surface area contributed by atoms with E-state index >= 15 is 0 Å². The van der Waals surface area contributed by atoms with Gasteiger partial charge >= 0.3 is 11.9 Å². The molecule has 0 saturated carbocycles. The zero-order valence-corrected chi connectivity index (χ0v) is 12.8. The van der Waals surface area contributed by atoms with Crippen molar-refractivity contribution < 1.29 is 24.5 Å². The van der Waals surface area contributed by atoms with E-state index in [9.17, 15) is 14.9 Å². The Morgan fingerprint density at radius 1 is 1.43 bits per heavy atom. The van der Waals surface area contributed by atoms with Crippen LogP contribution in [0.15, 0.2) is 36.2 Å². The van der Waals surface area contributed by atoms with Gasteiger partial charge in [-0.3, -0.25) is 4.98 Å². The largest absolute Gasteiger partial charge is 0.464 e. The molecule has 0 radical (unpaired) electrons. The number of nitrogens with one attached hydrogen (secondary N) is 1. The highest BCUT2D eigenvalue weighted by Gasteiger charge is 2.28. The SMILES string of the molecule is [2H]c1nc([2H])c(C/C(C#N)=C/NC(C(=O)OCC)C(=O)OCC)c([2H])c1[2H]. The molecule has 0 unspecified atom stereocenters. The molecule has 0 fully saturated rings. The summed E-state index contributed by atoms with van der Waals surface area (Å²) >= 11 is 0. The third kappa shape index (κ3) is 6.18. The molecule has 0 saturated heterocycles. The Hall–Kier alpha value is -2.88. The summed E-state index contributed by atoms with van der Waals surface area (Å²) in [6.07, 6.45) is -0.0394. The highest BCUT2D eigenvalue weighted by molar-refractivity contribution is 5.99. The summed E-state index contributed by atoms with van der Waals surface area (Å²) in [6.45, 7) is 3.24. The quantitative estimate of drug-likeness (QED) is 0.435. The average Bonchev–Trinajstić information content (AvgIpc) is 2.62. The molecule has 1 rings (SSSR count). The van der Waals surface area contributed by atoms with Crippen LogP contribution in [-0.2, 0) is 25.5 Å². The topological polar surface area (TPSA) is 101 Å². The number of hydrogen-bond acceptors (Lipinski definition) is 7. The van der Waals surface area contributed by atoms with Gasteiger partial charge in [0.25, 0.3) is 0 Å². The van der Waals surface area contributed by atoms with E-state index in [0.717, 1.165) is 6.20 Å². The lowest BCUT2D eigenvalue weighted by Crippen LogP contribution is -2.43. The lowest BCUT2D eigenvalue weighted by atomic mass is 10.1. The zero-order valence-electron chi connectivity index (χ0n) is 16.8. The lowest BCUT2D eigenvalue weighted by Gasteiger charge is -2.14. The molecule has 7 heteroatoms. The van der Waals surface area contributed by atoms with Crippen molar-refractivity contribution >= 4 is 11.9 Å². The number of allylic oxidation sites excluding steroid dienone is 1. The standard InChI is InChI=1S/C16H19N3O4/c1-3-22-15(20)14(16(21)23-4-2)19-11-13(9-17)8-12-6-5-7-18-10-12/h5-7,10-11,14,19H,3-4,8H2,1-2H3/b13-11-/i5D,6D,7D,10D. The van der Waals surface area contributed by atoms with Gasteiger partial charge in [0.2, 0.25) is 6.04 Å². The van der Waals surface area contributed by atoms with E-state index in [-0.39, 0.29) is 36.8 Å². The number of esters is 2. The second-order valence-electron chi connectivity index (χ2n) is 4.13. The average molecular weight is 321 g/mol. The van der Waals surface area contributed by atoms with Crippen molar-refractivity contribution in [1.29, 1.82) is 5.26 Å². The maximum atomic E-state index is 11.9. The minimum absolute atomic E-state index is 0.0190. The first kappa shape index (κ1) is 12.6. The molecule has 0 aliphatic rings. The van der Waals surface area contributed by atoms with Gasteiger partial charge in [-0.1, -0.05) is 6.04 Å². The van der Waals surface area contributed by atoms with Crippen molar-refractivity contribution in [1.82, 2.24) is 10.3 Å². The fourth-order valence-corrected chi connectivity index (χ4v) is 1.52. The number of rotatable bonds is 8. The normalized spacial score (nSPS) is 13.2. The molecule has 0 amide bonds. The summed E-state index contributed by atoms with van der Waals surface area (Å²) in [4.78, 5) is 27.3. The van der Waals surface area contributed by atoms with Crippen LogP contribution in [0.3, 0.4) is 0 Å². The molecule has 0 aromatic carbocycles. The fourth-order valence-electron chi connectivity index (χ4n) is 1.52. The third-order valence-electron chi connectivity index (χ3n) is 2.50. The number of hydrogen-bond donors (Lipinski definition) is 1. The Morgan fingerprint density at radius 2 is 2.09 bits per heavy atom. The monoisotopic (exact) mass is 321 g/mol. The number of aromatic nitrogens is 1. The van der Waals surface area contributed by atoms with Crippen molar-refractivity contribution in [3.63, 3.8) is 0 Å². The van der Waals surface area contributed by atoms with Crippen molar-refractivity contribution in [3.8, 4) is 6.07 Å². The minimum atomic E-state index is -1.47. The predicted octanol–water partition coefficient (Wildman–Crippen LogP) is 1.12. The van der Waals surface area contributed by atoms with E-state index in [0.29, 0.717) is 0 Å². The molecule has 0 aliphatic carbocycles. The second-order valence-corrected chi connectivity index (χ2v) is 4.13. The van der Waals surface area contributed by atoms with Crippen LogP contribution in [0.25, 0.3) is 0 Å². The highest BCUT2D eigenvalue weighted by Crippen LogP contribution is 2.05. The molecule has 1 heterocycles. The summed E-state index contributed by atoms with van der Waals surface area (Å²) in [5.41, 5.74) is -0.0380. The second kappa shape index (κ2) is 9.95. The molecule has 0 bridgehead atoms. The smallest absolute Gasteiger partial charge is 0.340 e. The van der Waals surface area contributed by atoms with Crippen LogP contribution in [0, 0.1) is 11.3 Å². The van der Waals surface area contributed by atoms with E-state index in [1.807, 2.05) is 6.07 Å². The Labute approximate surface area is 140 Å². The van der Waals surface area contributed by atoms with Gasteiger partial charge in [-0.25, -0.2) is 9.59 Å². The van der Waals surface area contributed by atoms with Crippen molar-refractivity contribution in [2.24, 2.45) is 0 Å². The van der Waals surface area contributed by atoms with Gasteiger partial charge in [0.1, 0.15) is 0 Å². The first-order chi connectivity index (χ1) is 12.8. The van der Waals surface area contributed by atoms with E-state index in [1.165, 1.54) is 0 Å². The Kier molecular flexibility index (Phi) is 5.47. The van der Waals surface area contributed by atoms with Gasteiger partial charge in [0, 0.05) is 30.5 Å². The van der Waals surface area contributed by atoms with Gasteiger partial charge in [0.15, 0.2) is 0 Å². The van der Waals surface area contributed by atoms with Crippen LogP contribution in [0.5, 0.6) is 0 Å². The summed E-state index contributed by atoms with van der Waals surface area (Å²) in [6, 6.07) is -0.482. The number of nitrogens with zero attached hydrogens (tertiary/aromatic N) is 2. The number of carbonyl (C=O) groups is 2. The number of carbonyl (C=O) groups excluding carboxylic acids is 2. The van der Waals surface area contributed by atoms with Crippen LogP contribution in [0.1, 0.15) is 24.9 Å². The number of pyridine rings is 1. The molecule has 23 heavy (non-hydrogen) atoms. The van der Waals surface area contributed by atoms with Crippen LogP contribution in [-0.4, -0.2) is 36.2 Å². The fraction of sp³-hybridized carbons (Fsp3) is 0.375. The summed E-state index contributed by atoms with van der Waals surface area (Å²) in [7, 11) is 0. The van der Waals surface area contributed by atoms with E-state index in [2.05, 4.69) is 10.3 Å². The van der Waals surface area contributed by atoms with Crippen LogP contribution >= 0.6 is 0 Å². The molecule has 7 nitrogen and oxygen atoms in total. The van der Waals surface area contributed by atoms with Crippen LogP contribution in [0.2, 0.25) is 0 Å². The van der Waals surface area contributed by atoms with Gasteiger partial charge in [-0.2, -0.15) is 5.26 Å². The molecule has 1 aromatic rings. The molecule has 1 aromatic heterocycles. The van der Waals surface area contributed by atoms with Gasteiger partial charge in [-0.15, -0.1) is 0 Å². The summed E-state index contributed by atoms with van der Waals surface area (Å²) in [5, 5.41) is 11.7. The number of ether oxygens (including phenoxy) is 2. The van der Waals surface area contributed by atoms with Crippen molar-refractivity contribution in [2.45, 2.75) is 26.3 Å². The van der Waals surface area contributed by atoms with Crippen molar-refractivity contribution in [3.05, 3.63) is 41.8 Å². The first-order valence-corrected chi connectivity index (χ1v) is 6.88. The molecule has 0 spiro atoms. The van der Waals surface area contributed by atoms with Gasteiger partial charge in [-0.05, 0) is 25.5 Å². The molecule has 122 valence electrons. The lowest BCUT2D eigenvalue weighted by molar-refractivity contribution is -0.157. The third-order valence-corrected chi connectivity index (χ3v) is 2.50. The van der Waals surface area contributed by atoms with E-state index < -0.39 is 36.4 Å². The van der Waals surface area contributed by atoms with Crippen LogP contribution in [0.4, 0.5) is 0 Å². The molecular weight excluding hydrogens is 298 g/mol. The maximum Gasteiger partial charge on any atom is 0.340 e. The van der Waals surface area contributed by atoms with Crippen LogP contribution < -0.4 is 5.32 Å². The van der Waals surface area contributed by atoms with Gasteiger partial charge in [0.05, 0.1) is 24.8 Å². The zero-order chi connectivity index (χ0) is 20.6. The van der Waals surface area contributed by atoms with E-state index in [4.69, 9.17) is 15.0 Å². The Balaban J connectivity index is 3.08. The molecule has 1 N–H and O–H groups in total. The highest BCUT2D eigenvalue weighted by atomic mass is 16.6.